The third-order valence-electron chi connectivity index (χ3n) is 2.85. The maximum Gasteiger partial charge on any atom is 0.407 e. The molecule has 0 heterocycles. The fourth-order valence-electron chi connectivity index (χ4n) is 1.86. The van der Waals surface area contributed by atoms with Crippen LogP contribution in [0.1, 0.15) is 26.3 Å². The van der Waals surface area contributed by atoms with E-state index in [2.05, 4.69) is 10.6 Å². The molecule has 7 heteroatoms. The van der Waals surface area contributed by atoms with Crippen molar-refractivity contribution < 1.29 is 19.0 Å². The molecule has 1 amide bonds. The van der Waals surface area contributed by atoms with E-state index in [0.29, 0.717) is 36.2 Å². The van der Waals surface area contributed by atoms with E-state index in [9.17, 15) is 4.79 Å². The lowest BCUT2D eigenvalue weighted by Crippen LogP contribution is -2.36. The van der Waals surface area contributed by atoms with Gasteiger partial charge in [-0.25, -0.2) is 4.79 Å². The number of methoxy groups -OCH3 is 2. The predicted molar refractivity (Wildman–Crippen MR) is 90.5 cm³/mol. The van der Waals surface area contributed by atoms with Crippen LogP contribution in [-0.2, 0) is 11.3 Å². The fraction of sp³-hybridized carbons (Fsp3) is 0.562. The predicted octanol–water partition coefficient (Wildman–Crippen LogP) is 2.97. The molecule has 2 N–H and O–H groups in total. The first kappa shape index (κ1) is 19.4. The topological polar surface area (TPSA) is 68.8 Å². The van der Waals surface area contributed by atoms with Crippen LogP contribution in [-0.4, -0.2) is 39.0 Å². The number of carbonyl (C=O) groups excluding carboxylic acids is 1. The van der Waals surface area contributed by atoms with Crippen LogP contribution in [0.3, 0.4) is 0 Å². The lowest BCUT2D eigenvalue weighted by atomic mass is 10.2. The molecule has 0 aliphatic carbocycles. The molecule has 0 saturated carbocycles. The molecule has 0 aromatic heterocycles. The molecule has 1 aromatic rings. The van der Waals surface area contributed by atoms with Crippen molar-refractivity contribution in [2.24, 2.45) is 0 Å². The highest BCUT2D eigenvalue weighted by Gasteiger charge is 2.15. The normalized spacial score (nSPS) is 11.0. The summed E-state index contributed by atoms with van der Waals surface area (Å²) in [6.07, 6.45) is -0.427. The Hall–Kier alpha value is -1.66. The van der Waals surface area contributed by atoms with Crippen LogP contribution in [0.15, 0.2) is 12.1 Å². The van der Waals surface area contributed by atoms with Gasteiger partial charge in [0.1, 0.15) is 5.60 Å². The van der Waals surface area contributed by atoms with Crippen LogP contribution >= 0.6 is 11.6 Å². The first-order valence-corrected chi connectivity index (χ1v) is 7.73. The summed E-state index contributed by atoms with van der Waals surface area (Å²) in [7, 11) is 3.11. The number of nitrogens with one attached hydrogen (secondary N) is 2. The van der Waals surface area contributed by atoms with Gasteiger partial charge in [0.15, 0.2) is 11.5 Å². The number of hydrogen-bond donors (Lipinski definition) is 2. The second-order valence-electron chi connectivity index (χ2n) is 5.88. The van der Waals surface area contributed by atoms with Gasteiger partial charge < -0.3 is 24.8 Å². The Morgan fingerprint density at radius 2 is 1.87 bits per heavy atom. The van der Waals surface area contributed by atoms with E-state index in [1.165, 1.54) is 0 Å². The molecule has 6 nitrogen and oxygen atoms in total. The smallest absolute Gasteiger partial charge is 0.407 e. The molecule has 0 radical (unpaired) electrons. The summed E-state index contributed by atoms with van der Waals surface area (Å²) in [5, 5.41) is 6.39. The van der Waals surface area contributed by atoms with Gasteiger partial charge >= 0.3 is 6.09 Å². The third kappa shape index (κ3) is 6.54. The fourth-order valence-corrected chi connectivity index (χ4v) is 2.16. The Bertz CT molecular complexity index is 530. The Balaban J connectivity index is 2.41. The third-order valence-corrected chi connectivity index (χ3v) is 3.26. The Labute approximate surface area is 142 Å². The van der Waals surface area contributed by atoms with Gasteiger partial charge in [-0.15, -0.1) is 0 Å². The molecular formula is C16H25ClN2O4. The zero-order valence-electron chi connectivity index (χ0n) is 14.3. The number of benzene rings is 1. The summed E-state index contributed by atoms with van der Waals surface area (Å²) in [4.78, 5) is 11.5. The van der Waals surface area contributed by atoms with E-state index in [1.54, 1.807) is 20.3 Å². The second kappa shape index (κ2) is 8.84. The quantitative estimate of drug-likeness (QED) is 0.744. The summed E-state index contributed by atoms with van der Waals surface area (Å²) in [5.41, 5.74) is 0.395. The molecule has 0 aliphatic rings. The number of amides is 1. The molecule has 23 heavy (non-hydrogen) atoms. The number of hydrogen-bond acceptors (Lipinski definition) is 5. The van der Waals surface area contributed by atoms with Crippen LogP contribution in [0.4, 0.5) is 4.79 Å². The zero-order chi connectivity index (χ0) is 17.5. The molecular weight excluding hydrogens is 320 g/mol. The summed E-state index contributed by atoms with van der Waals surface area (Å²) in [6, 6.07) is 3.68. The maximum atomic E-state index is 11.5. The molecule has 0 spiro atoms. The van der Waals surface area contributed by atoms with Crippen LogP contribution in [0.2, 0.25) is 5.02 Å². The lowest BCUT2D eigenvalue weighted by Gasteiger charge is -2.19. The number of rotatable bonds is 7. The number of alkyl carbamates (subject to hydrolysis) is 1. The second-order valence-corrected chi connectivity index (χ2v) is 6.26. The zero-order valence-corrected chi connectivity index (χ0v) is 15.0. The van der Waals surface area contributed by atoms with Gasteiger partial charge in [0, 0.05) is 19.6 Å². The van der Waals surface area contributed by atoms with Gasteiger partial charge in [0.25, 0.3) is 0 Å². The monoisotopic (exact) mass is 344 g/mol. The first-order chi connectivity index (χ1) is 10.8. The highest BCUT2D eigenvalue weighted by molar-refractivity contribution is 6.33. The molecule has 130 valence electrons. The highest BCUT2D eigenvalue weighted by Crippen LogP contribution is 2.37. The highest BCUT2D eigenvalue weighted by atomic mass is 35.5. The van der Waals surface area contributed by atoms with Crippen molar-refractivity contribution in [1.82, 2.24) is 10.6 Å². The van der Waals surface area contributed by atoms with E-state index in [1.807, 2.05) is 26.8 Å². The molecule has 0 unspecified atom stereocenters. The minimum atomic E-state index is -0.495. The number of halogens is 1. The first-order valence-electron chi connectivity index (χ1n) is 7.35. The van der Waals surface area contributed by atoms with Gasteiger partial charge in [-0.3, -0.25) is 0 Å². The molecule has 0 bridgehead atoms. The van der Waals surface area contributed by atoms with E-state index in [4.69, 9.17) is 25.8 Å². The molecule has 0 saturated heterocycles. The lowest BCUT2D eigenvalue weighted by molar-refractivity contribution is 0.0528. The van der Waals surface area contributed by atoms with Crippen molar-refractivity contribution in [3.05, 3.63) is 22.7 Å². The molecule has 0 atom stereocenters. The summed E-state index contributed by atoms with van der Waals surface area (Å²) < 4.78 is 15.6. The van der Waals surface area contributed by atoms with E-state index >= 15 is 0 Å². The number of ether oxygens (including phenoxy) is 3. The van der Waals surface area contributed by atoms with Crippen LogP contribution in [0.25, 0.3) is 0 Å². The standard InChI is InChI=1S/C16H25ClN2O4/c1-16(2,3)23-15(20)19-9-8-18-10-11-6-7-12(21-4)14(22-5)13(11)17/h6-7,18H,8-10H2,1-5H3,(H,19,20). The van der Waals surface area contributed by atoms with Crippen molar-refractivity contribution in [1.29, 1.82) is 0 Å². The molecule has 1 aromatic carbocycles. The summed E-state index contributed by atoms with van der Waals surface area (Å²) in [5.74, 6) is 1.10. The largest absolute Gasteiger partial charge is 0.493 e. The van der Waals surface area contributed by atoms with E-state index in [-0.39, 0.29) is 0 Å². The van der Waals surface area contributed by atoms with Gasteiger partial charge in [-0.05, 0) is 32.4 Å². The molecule has 1 rings (SSSR count). The van der Waals surface area contributed by atoms with Gasteiger partial charge in [-0.2, -0.15) is 0 Å². The SMILES string of the molecule is COc1ccc(CNCCNC(=O)OC(C)(C)C)c(Cl)c1OC. The van der Waals surface area contributed by atoms with Crippen LogP contribution < -0.4 is 20.1 Å². The van der Waals surface area contributed by atoms with Gasteiger partial charge in [0.05, 0.1) is 19.2 Å². The summed E-state index contributed by atoms with van der Waals surface area (Å²) in [6.45, 7) is 7.07. The van der Waals surface area contributed by atoms with E-state index < -0.39 is 11.7 Å². The Morgan fingerprint density at radius 1 is 1.17 bits per heavy atom. The number of carbonyl (C=O) groups is 1. The minimum Gasteiger partial charge on any atom is -0.493 e. The van der Waals surface area contributed by atoms with Crippen LogP contribution in [0.5, 0.6) is 11.5 Å². The van der Waals surface area contributed by atoms with Gasteiger partial charge in [0.2, 0.25) is 0 Å². The van der Waals surface area contributed by atoms with Crippen molar-refractivity contribution >= 4 is 17.7 Å². The van der Waals surface area contributed by atoms with Crippen molar-refractivity contribution in [2.75, 3.05) is 27.3 Å². The molecule has 0 fully saturated rings. The summed E-state index contributed by atoms with van der Waals surface area (Å²) >= 11 is 6.29. The minimum absolute atomic E-state index is 0.427. The molecule has 0 aliphatic heterocycles. The van der Waals surface area contributed by atoms with Crippen molar-refractivity contribution in [3.8, 4) is 11.5 Å². The van der Waals surface area contributed by atoms with Crippen LogP contribution in [0, 0.1) is 0 Å². The van der Waals surface area contributed by atoms with Crippen molar-refractivity contribution in [3.63, 3.8) is 0 Å². The Morgan fingerprint density at radius 3 is 2.43 bits per heavy atom. The average Bonchev–Trinajstić information content (AvgIpc) is 2.46. The Kier molecular flexibility index (Phi) is 7.45. The van der Waals surface area contributed by atoms with Gasteiger partial charge in [-0.1, -0.05) is 17.7 Å². The average molecular weight is 345 g/mol. The van der Waals surface area contributed by atoms with Crippen molar-refractivity contribution in [2.45, 2.75) is 32.9 Å². The maximum absolute atomic E-state index is 11.5. The van der Waals surface area contributed by atoms with E-state index in [0.717, 1.165) is 5.56 Å².